The van der Waals surface area contributed by atoms with Crippen LogP contribution in [-0.2, 0) is 16.0 Å². The van der Waals surface area contributed by atoms with E-state index >= 15 is 0 Å². The van der Waals surface area contributed by atoms with Crippen molar-refractivity contribution in [2.45, 2.75) is 57.5 Å². The zero-order valence-corrected chi connectivity index (χ0v) is 18.0. The Bertz CT molecular complexity index is 689. The summed E-state index contributed by atoms with van der Waals surface area (Å²) in [5.74, 6) is -0.0198. The molecule has 0 unspecified atom stereocenters. The molecule has 3 rings (SSSR count). The highest BCUT2D eigenvalue weighted by atomic mass is 16.5. The molecule has 3 heterocycles. The Hall–Kier alpha value is -1.99. The number of rotatable bonds is 9. The van der Waals surface area contributed by atoms with Gasteiger partial charge in [-0.15, -0.1) is 0 Å². The van der Waals surface area contributed by atoms with Gasteiger partial charge in [0.1, 0.15) is 5.54 Å². The second-order valence-corrected chi connectivity index (χ2v) is 8.17. The smallest absolute Gasteiger partial charge is 0.327 e. The predicted octanol–water partition coefficient (Wildman–Crippen LogP) is 2.56. The van der Waals surface area contributed by atoms with Gasteiger partial charge in [0.15, 0.2) is 0 Å². The van der Waals surface area contributed by atoms with Crippen LogP contribution >= 0.6 is 0 Å². The number of hydrogen-bond acceptors (Lipinski definition) is 5. The van der Waals surface area contributed by atoms with Crippen molar-refractivity contribution in [3.05, 3.63) is 30.1 Å². The number of nitrogens with zero attached hydrogens (tertiary/aromatic N) is 4. The lowest BCUT2D eigenvalue weighted by molar-refractivity contribution is -0.136. The molecule has 1 atom stereocenters. The summed E-state index contributed by atoms with van der Waals surface area (Å²) < 4.78 is 5.23. The summed E-state index contributed by atoms with van der Waals surface area (Å²) in [5, 5.41) is 0. The zero-order valence-electron chi connectivity index (χ0n) is 18.0. The van der Waals surface area contributed by atoms with Crippen LogP contribution in [0.25, 0.3) is 0 Å². The molecule has 1 spiro atoms. The largest absolute Gasteiger partial charge is 0.383 e. The Kier molecular flexibility index (Phi) is 7.24. The third-order valence-electron chi connectivity index (χ3n) is 6.55. The van der Waals surface area contributed by atoms with E-state index in [9.17, 15) is 9.59 Å². The van der Waals surface area contributed by atoms with Crippen molar-refractivity contribution in [3.63, 3.8) is 0 Å². The number of hydrogen-bond donors (Lipinski definition) is 0. The number of carbonyl (C=O) groups is 2. The lowest BCUT2D eigenvalue weighted by atomic mass is 9.85. The first-order chi connectivity index (χ1) is 14.0. The third kappa shape index (κ3) is 4.46. The Labute approximate surface area is 174 Å². The van der Waals surface area contributed by atoms with Gasteiger partial charge in [-0.25, -0.2) is 4.79 Å². The molecule has 0 aliphatic carbocycles. The fourth-order valence-electron chi connectivity index (χ4n) is 4.54. The van der Waals surface area contributed by atoms with Crippen molar-refractivity contribution in [2.75, 3.05) is 39.9 Å². The number of aryl methyl sites for hydroxylation is 1. The summed E-state index contributed by atoms with van der Waals surface area (Å²) in [6, 6.07) is 4.28. The van der Waals surface area contributed by atoms with Gasteiger partial charge in [0.2, 0.25) is 0 Å². The molecule has 1 aromatic heterocycles. The van der Waals surface area contributed by atoms with Crippen molar-refractivity contribution >= 4 is 11.9 Å². The molecule has 7 nitrogen and oxygen atoms in total. The first kappa shape index (κ1) is 21.7. The van der Waals surface area contributed by atoms with Crippen LogP contribution in [0.4, 0.5) is 4.79 Å². The van der Waals surface area contributed by atoms with Crippen LogP contribution in [-0.4, -0.2) is 83.1 Å². The standard InChI is InChI=1S/C22H34N4O3/c1-4-18(2)24-13-9-22(10-14-24)20(27)25(21(28)26(22)15-16-29-3)12-6-8-19-7-5-11-23-17-19/h5,7,11,17-18H,4,6,8-10,12-16H2,1-3H3/t18-/m1/s1. The van der Waals surface area contributed by atoms with Gasteiger partial charge in [0.25, 0.3) is 5.91 Å². The first-order valence-electron chi connectivity index (χ1n) is 10.8. The molecule has 3 amide bonds. The van der Waals surface area contributed by atoms with Crippen molar-refractivity contribution in [1.29, 1.82) is 0 Å². The Morgan fingerprint density at radius 2 is 2.00 bits per heavy atom. The number of likely N-dealkylation sites (tertiary alicyclic amines) is 1. The SMILES string of the molecule is CC[C@@H](C)N1CCC2(CC1)C(=O)N(CCCc1cccnc1)C(=O)N2CCOC. The average Bonchev–Trinajstić information content (AvgIpc) is 2.94. The number of urea groups is 1. The van der Waals surface area contributed by atoms with Crippen molar-refractivity contribution < 1.29 is 14.3 Å². The van der Waals surface area contributed by atoms with Gasteiger partial charge in [-0.05, 0) is 50.7 Å². The minimum atomic E-state index is -0.701. The Balaban J connectivity index is 1.69. The number of amides is 3. The van der Waals surface area contributed by atoms with Gasteiger partial charge < -0.3 is 14.5 Å². The van der Waals surface area contributed by atoms with Gasteiger partial charge in [-0.1, -0.05) is 13.0 Å². The highest BCUT2D eigenvalue weighted by Gasteiger charge is 2.57. The second kappa shape index (κ2) is 9.67. The van der Waals surface area contributed by atoms with Crippen LogP contribution < -0.4 is 0 Å². The fourth-order valence-corrected chi connectivity index (χ4v) is 4.54. The quantitative estimate of drug-likeness (QED) is 0.594. The molecule has 2 fully saturated rings. The molecule has 0 saturated carbocycles. The molecule has 7 heteroatoms. The van der Waals surface area contributed by atoms with Crippen molar-refractivity contribution in [1.82, 2.24) is 19.7 Å². The van der Waals surface area contributed by atoms with E-state index in [1.54, 1.807) is 18.2 Å². The first-order valence-corrected chi connectivity index (χ1v) is 10.8. The summed E-state index contributed by atoms with van der Waals surface area (Å²) >= 11 is 0. The van der Waals surface area contributed by atoms with Gasteiger partial charge in [-0.2, -0.15) is 0 Å². The van der Waals surface area contributed by atoms with Crippen LogP contribution in [0.5, 0.6) is 0 Å². The summed E-state index contributed by atoms with van der Waals surface area (Å²) in [5.41, 5.74) is 0.424. The maximum Gasteiger partial charge on any atom is 0.327 e. The minimum Gasteiger partial charge on any atom is -0.383 e. The molecule has 29 heavy (non-hydrogen) atoms. The van der Waals surface area contributed by atoms with Gasteiger partial charge in [-0.3, -0.25) is 14.7 Å². The normalized spacial score (nSPS) is 20.7. The summed E-state index contributed by atoms with van der Waals surface area (Å²) in [4.78, 5) is 36.4. The number of aromatic nitrogens is 1. The summed E-state index contributed by atoms with van der Waals surface area (Å²) in [6.07, 6.45) is 7.63. The Morgan fingerprint density at radius 3 is 2.62 bits per heavy atom. The average molecular weight is 403 g/mol. The molecule has 0 bridgehead atoms. The highest BCUT2D eigenvalue weighted by molar-refractivity contribution is 6.07. The monoisotopic (exact) mass is 402 g/mol. The number of methoxy groups -OCH3 is 1. The lowest BCUT2D eigenvalue weighted by Gasteiger charge is -2.43. The van der Waals surface area contributed by atoms with Gasteiger partial charge in [0.05, 0.1) is 6.61 Å². The summed E-state index contributed by atoms with van der Waals surface area (Å²) in [7, 11) is 1.63. The number of piperidine rings is 1. The number of ether oxygens (including phenoxy) is 1. The molecule has 2 saturated heterocycles. The fraction of sp³-hybridized carbons (Fsp3) is 0.682. The summed E-state index contributed by atoms with van der Waals surface area (Å²) in [6.45, 7) is 7.47. The molecule has 2 aliphatic heterocycles. The van der Waals surface area contributed by atoms with E-state index in [0.29, 0.717) is 38.6 Å². The molecule has 1 aromatic rings. The van der Waals surface area contributed by atoms with Crippen molar-refractivity contribution in [3.8, 4) is 0 Å². The second-order valence-electron chi connectivity index (χ2n) is 8.17. The van der Waals surface area contributed by atoms with E-state index in [-0.39, 0.29) is 11.9 Å². The van der Waals surface area contributed by atoms with E-state index in [0.717, 1.165) is 37.9 Å². The van der Waals surface area contributed by atoms with E-state index in [4.69, 9.17) is 4.74 Å². The van der Waals surface area contributed by atoms with E-state index in [2.05, 4.69) is 23.7 Å². The molecular weight excluding hydrogens is 368 g/mol. The topological polar surface area (TPSA) is 66.0 Å². The number of carbonyl (C=O) groups excluding carboxylic acids is 2. The lowest BCUT2D eigenvalue weighted by Crippen LogP contribution is -2.58. The highest BCUT2D eigenvalue weighted by Crippen LogP contribution is 2.38. The molecule has 0 radical (unpaired) electrons. The Morgan fingerprint density at radius 1 is 1.24 bits per heavy atom. The maximum atomic E-state index is 13.4. The number of imide groups is 1. The minimum absolute atomic E-state index is 0.0198. The van der Waals surface area contributed by atoms with E-state index < -0.39 is 5.54 Å². The van der Waals surface area contributed by atoms with E-state index in [1.807, 2.05) is 18.3 Å². The molecule has 160 valence electrons. The molecule has 2 aliphatic rings. The predicted molar refractivity (Wildman–Crippen MR) is 112 cm³/mol. The van der Waals surface area contributed by atoms with Crippen LogP contribution in [0.2, 0.25) is 0 Å². The number of pyridine rings is 1. The molecule has 0 N–H and O–H groups in total. The maximum absolute atomic E-state index is 13.4. The van der Waals surface area contributed by atoms with Crippen LogP contribution in [0.1, 0.15) is 45.1 Å². The van der Waals surface area contributed by atoms with E-state index in [1.165, 1.54) is 4.90 Å². The van der Waals surface area contributed by atoms with Gasteiger partial charge >= 0.3 is 6.03 Å². The van der Waals surface area contributed by atoms with Crippen LogP contribution in [0.15, 0.2) is 24.5 Å². The zero-order chi connectivity index (χ0) is 20.9. The van der Waals surface area contributed by atoms with Crippen LogP contribution in [0.3, 0.4) is 0 Å². The third-order valence-corrected chi connectivity index (χ3v) is 6.55. The van der Waals surface area contributed by atoms with Crippen LogP contribution in [0, 0.1) is 0 Å². The molecule has 0 aromatic carbocycles. The van der Waals surface area contributed by atoms with Crippen molar-refractivity contribution in [2.24, 2.45) is 0 Å². The van der Waals surface area contributed by atoms with Gasteiger partial charge in [0, 0.05) is 51.7 Å². The molecular formula is C22H34N4O3.